The molecule has 0 fully saturated rings. The van der Waals surface area contributed by atoms with Crippen molar-refractivity contribution in [2.45, 2.75) is 72.9 Å². The molecule has 136 valence electrons. The molecule has 0 radical (unpaired) electrons. The standard InChI is InChI=1S/C19H38N2O2/c1-14(2)18(16(5)22)20(7)12-10-9-11-13-21(8)19(15(3)4)17(6)23/h14-15,18-19H,9-13H2,1-8H3/t18-,19-/m0/s1. The third kappa shape index (κ3) is 8.07. The number of rotatable bonds is 12. The van der Waals surface area contributed by atoms with Crippen LogP contribution in [0.3, 0.4) is 0 Å². The molecule has 0 aromatic rings. The van der Waals surface area contributed by atoms with Gasteiger partial charge >= 0.3 is 0 Å². The number of carbonyl (C=O) groups is 2. The van der Waals surface area contributed by atoms with Crippen molar-refractivity contribution in [3.8, 4) is 0 Å². The van der Waals surface area contributed by atoms with Gasteiger partial charge < -0.3 is 0 Å². The molecule has 0 saturated heterocycles. The van der Waals surface area contributed by atoms with Crippen LogP contribution in [0.5, 0.6) is 0 Å². The fraction of sp³-hybridized carbons (Fsp3) is 0.895. The number of carbonyl (C=O) groups excluding carboxylic acids is 2. The van der Waals surface area contributed by atoms with E-state index in [4.69, 9.17) is 0 Å². The van der Waals surface area contributed by atoms with Crippen molar-refractivity contribution in [3.63, 3.8) is 0 Å². The molecule has 0 rings (SSSR count). The van der Waals surface area contributed by atoms with E-state index in [2.05, 4.69) is 37.5 Å². The van der Waals surface area contributed by atoms with Crippen LogP contribution >= 0.6 is 0 Å². The monoisotopic (exact) mass is 326 g/mol. The van der Waals surface area contributed by atoms with Crippen LogP contribution in [0.4, 0.5) is 0 Å². The fourth-order valence-electron chi connectivity index (χ4n) is 3.75. The molecule has 0 aliphatic rings. The van der Waals surface area contributed by atoms with Crippen LogP contribution in [-0.2, 0) is 9.59 Å². The van der Waals surface area contributed by atoms with Crippen molar-refractivity contribution >= 4 is 11.6 Å². The minimum Gasteiger partial charge on any atom is -0.298 e. The molecular weight excluding hydrogens is 288 g/mol. The van der Waals surface area contributed by atoms with Crippen LogP contribution in [0.1, 0.15) is 60.8 Å². The zero-order valence-corrected chi connectivity index (χ0v) is 16.6. The lowest BCUT2D eigenvalue weighted by molar-refractivity contribution is -0.123. The Morgan fingerprint density at radius 2 is 1.00 bits per heavy atom. The second kappa shape index (κ2) is 10.9. The van der Waals surface area contributed by atoms with Gasteiger partial charge in [-0.05, 0) is 65.7 Å². The lowest BCUT2D eigenvalue weighted by atomic mass is 9.98. The first-order valence-electron chi connectivity index (χ1n) is 9.00. The van der Waals surface area contributed by atoms with Gasteiger partial charge in [-0.3, -0.25) is 19.4 Å². The first-order valence-corrected chi connectivity index (χ1v) is 9.00. The number of Topliss-reactive ketones (excluding diaryl/α,β-unsaturated/α-hetero) is 2. The zero-order chi connectivity index (χ0) is 18.2. The molecule has 0 amide bonds. The minimum absolute atomic E-state index is 0.0284. The van der Waals surface area contributed by atoms with E-state index in [0.717, 1.165) is 32.4 Å². The molecular formula is C19H38N2O2. The van der Waals surface area contributed by atoms with E-state index in [9.17, 15) is 9.59 Å². The van der Waals surface area contributed by atoms with Crippen molar-refractivity contribution < 1.29 is 9.59 Å². The second-order valence-electron chi connectivity index (χ2n) is 7.62. The van der Waals surface area contributed by atoms with E-state index in [0.29, 0.717) is 11.8 Å². The van der Waals surface area contributed by atoms with Crippen LogP contribution in [0, 0.1) is 11.8 Å². The summed E-state index contributed by atoms with van der Waals surface area (Å²) in [5, 5.41) is 0. The van der Waals surface area contributed by atoms with Crippen molar-refractivity contribution in [3.05, 3.63) is 0 Å². The second-order valence-corrected chi connectivity index (χ2v) is 7.62. The van der Waals surface area contributed by atoms with Crippen LogP contribution in [-0.4, -0.2) is 60.6 Å². The van der Waals surface area contributed by atoms with Gasteiger partial charge in [0, 0.05) is 0 Å². The molecule has 4 nitrogen and oxygen atoms in total. The lowest BCUT2D eigenvalue weighted by Crippen LogP contribution is -2.42. The van der Waals surface area contributed by atoms with Gasteiger partial charge in [-0.25, -0.2) is 0 Å². The quantitative estimate of drug-likeness (QED) is 0.516. The van der Waals surface area contributed by atoms with Gasteiger partial charge in [-0.2, -0.15) is 0 Å². The summed E-state index contributed by atoms with van der Waals surface area (Å²) in [5.74, 6) is 1.21. The van der Waals surface area contributed by atoms with Gasteiger partial charge in [0.05, 0.1) is 12.1 Å². The van der Waals surface area contributed by atoms with Gasteiger partial charge in [0.2, 0.25) is 0 Å². The van der Waals surface area contributed by atoms with Gasteiger partial charge in [-0.15, -0.1) is 0 Å². The Kier molecular flexibility index (Phi) is 10.6. The predicted octanol–water partition coefficient (Wildman–Crippen LogP) is 3.25. The zero-order valence-electron chi connectivity index (χ0n) is 16.6. The summed E-state index contributed by atoms with van der Waals surface area (Å²) < 4.78 is 0. The summed E-state index contributed by atoms with van der Waals surface area (Å²) >= 11 is 0. The highest BCUT2D eigenvalue weighted by Gasteiger charge is 2.23. The van der Waals surface area contributed by atoms with Gasteiger partial charge in [0.1, 0.15) is 11.6 Å². The molecule has 0 aliphatic carbocycles. The molecule has 0 unspecified atom stereocenters. The molecule has 0 heterocycles. The lowest BCUT2D eigenvalue weighted by Gasteiger charge is -2.30. The summed E-state index contributed by atoms with van der Waals surface area (Å²) in [6.45, 7) is 13.7. The molecule has 4 heteroatoms. The molecule has 2 atom stereocenters. The maximum absolute atomic E-state index is 11.7. The average molecular weight is 327 g/mol. The molecule has 0 aliphatic heterocycles. The highest BCUT2D eigenvalue weighted by molar-refractivity contribution is 5.82. The number of hydrogen-bond donors (Lipinski definition) is 0. The van der Waals surface area contributed by atoms with Crippen molar-refractivity contribution in [1.82, 2.24) is 9.80 Å². The Labute approximate surface area is 143 Å². The fourth-order valence-corrected chi connectivity index (χ4v) is 3.75. The molecule has 23 heavy (non-hydrogen) atoms. The number of likely N-dealkylation sites (N-methyl/N-ethyl adjacent to an activating group) is 2. The Hall–Kier alpha value is -0.740. The first kappa shape index (κ1) is 22.3. The summed E-state index contributed by atoms with van der Waals surface area (Å²) in [4.78, 5) is 27.8. The highest BCUT2D eigenvalue weighted by Crippen LogP contribution is 2.13. The van der Waals surface area contributed by atoms with Crippen molar-refractivity contribution in [2.24, 2.45) is 11.8 Å². The van der Waals surface area contributed by atoms with Crippen LogP contribution in [0.25, 0.3) is 0 Å². The minimum atomic E-state index is 0.0284. The topological polar surface area (TPSA) is 40.6 Å². The average Bonchev–Trinajstić information content (AvgIpc) is 2.36. The van der Waals surface area contributed by atoms with Crippen molar-refractivity contribution in [1.29, 1.82) is 0 Å². The van der Waals surface area contributed by atoms with Gasteiger partial charge in [-0.1, -0.05) is 34.1 Å². The van der Waals surface area contributed by atoms with Crippen LogP contribution in [0.15, 0.2) is 0 Å². The number of hydrogen-bond acceptors (Lipinski definition) is 4. The summed E-state index contributed by atoms with van der Waals surface area (Å²) in [6.07, 6.45) is 3.31. The number of ketones is 2. The maximum Gasteiger partial charge on any atom is 0.147 e. The number of unbranched alkanes of at least 4 members (excludes halogenated alkanes) is 2. The van der Waals surface area contributed by atoms with Gasteiger partial charge in [0.15, 0.2) is 0 Å². The summed E-state index contributed by atoms with van der Waals surface area (Å²) in [5.41, 5.74) is 0. The third-order valence-electron chi connectivity index (χ3n) is 4.57. The largest absolute Gasteiger partial charge is 0.298 e. The van der Waals surface area contributed by atoms with E-state index < -0.39 is 0 Å². The van der Waals surface area contributed by atoms with E-state index in [1.807, 2.05) is 14.1 Å². The highest BCUT2D eigenvalue weighted by atomic mass is 16.1. The normalized spacial score (nSPS) is 14.8. The Balaban J connectivity index is 4.13. The SMILES string of the molecule is CC(=O)[C@H](C(C)C)N(C)CCCCCN(C)[C@H](C(C)=O)C(C)C. The maximum atomic E-state index is 11.7. The Morgan fingerprint density at radius 1 is 0.696 bits per heavy atom. The molecule has 0 saturated carbocycles. The third-order valence-corrected chi connectivity index (χ3v) is 4.57. The van der Waals surface area contributed by atoms with Gasteiger partial charge in [0.25, 0.3) is 0 Å². The predicted molar refractivity (Wildman–Crippen MR) is 97.7 cm³/mol. The molecule has 0 aromatic carbocycles. The van der Waals surface area contributed by atoms with E-state index in [1.54, 1.807) is 13.8 Å². The Bertz CT molecular complexity index is 332. The Morgan fingerprint density at radius 3 is 1.22 bits per heavy atom. The van der Waals surface area contributed by atoms with E-state index in [1.165, 1.54) is 0 Å². The van der Waals surface area contributed by atoms with Crippen LogP contribution in [0.2, 0.25) is 0 Å². The van der Waals surface area contributed by atoms with E-state index in [-0.39, 0.29) is 23.7 Å². The van der Waals surface area contributed by atoms with Crippen LogP contribution < -0.4 is 0 Å². The first-order chi connectivity index (χ1) is 10.6. The number of nitrogens with zero attached hydrogens (tertiary/aromatic N) is 2. The molecule has 0 bridgehead atoms. The smallest absolute Gasteiger partial charge is 0.147 e. The summed E-state index contributed by atoms with van der Waals surface area (Å²) in [7, 11) is 4.09. The molecule has 0 spiro atoms. The molecule has 0 aromatic heterocycles. The van der Waals surface area contributed by atoms with E-state index >= 15 is 0 Å². The van der Waals surface area contributed by atoms with Crippen molar-refractivity contribution in [2.75, 3.05) is 27.2 Å². The molecule has 0 N–H and O–H groups in total. The summed E-state index contributed by atoms with van der Waals surface area (Å²) in [6, 6.07) is 0.0569.